The Labute approximate surface area is 241 Å². The molecule has 0 spiro atoms. The van der Waals surface area contributed by atoms with Gasteiger partial charge in [0.15, 0.2) is 0 Å². The van der Waals surface area contributed by atoms with Crippen LogP contribution in [0.5, 0.6) is 0 Å². The van der Waals surface area contributed by atoms with Crippen molar-refractivity contribution in [3.8, 4) is 22.5 Å². The first-order valence-corrected chi connectivity index (χ1v) is 12.5. The van der Waals surface area contributed by atoms with Gasteiger partial charge in [0.25, 0.3) is 0 Å². The topological polar surface area (TPSA) is 51.8 Å². The van der Waals surface area contributed by atoms with E-state index in [1.807, 2.05) is 54.7 Å². The van der Waals surface area contributed by atoms with Crippen LogP contribution in [0.25, 0.3) is 55.4 Å². The maximum absolute atomic E-state index is 6.22. The number of aromatic nitrogens is 3. The second kappa shape index (κ2) is 11.3. The van der Waals surface area contributed by atoms with Crippen molar-refractivity contribution in [1.82, 2.24) is 15.0 Å². The summed E-state index contributed by atoms with van der Waals surface area (Å²) in [6, 6.07) is 32.7. The fraction of sp³-hybridized carbons (Fsp3) is 0.0882. The number of aryl methyl sites for hydroxylation is 3. The minimum atomic E-state index is 0. The molecule has 0 aliphatic carbocycles. The molecule has 0 aliphatic heterocycles. The number of fused-ring (bicyclic) bond motifs is 5. The van der Waals surface area contributed by atoms with Gasteiger partial charge in [0.2, 0.25) is 0 Å². The molecule has 0 saturated heterocycles. The Bertz CT molecular complexity index is 1890. The van der Waals surface area contributed by atoms with Crippen LogP contribution in [-0.4, -0.2) is 15.0 Å². The van der Waals surface area contributed by atoms with E-state index in [9.17, 15) is 0 Å². The summed E-state index contributed by atoms with van der Waals surface area (Å²) in [5, 5.41) is 3.20. The Balaban J connectivity index is 0.000000169. The van der Waals surface area contributed by atoms with Crippen LogP contribution in [0.3, 0.4) is 0 Å². The molecule has 4 heterocycles. The van der Waals surface area contributed by atoms with E-state index < -0.39 is 0 Å². The molecule has 0 unspecified atom stereocenters. The average Bonchev–Trinajstić information content (AvgIpc) is 3.35. The largest absolute Gasteiger partial charge is 0.498 e. The minimum Gasteiger partial charge on any atom is -0.498 e. The number of furan rings is 1. The van der Waals surface area contributed by atoms with Crippen LogP contribution < -0.4 is 0 Å². The Kier molecular flexibility index (Phi) is 7.65. The Morgan fingerprint density at radius 2 is 1.54 bits per heavy atom. The molecule has 0 fully saturated rings. The second-order valence-corrected chi connectivity index (χ2v) is 9.36. The van der Waals surface area contributed by atoms with Crippen LogP contribution in [0.1, 0.15) is 16.7 Å². The number of hydrogen-bond donors (Lipinski definition) is 0. The van der Waals surface area contributed by atoms with Gasteiger partial charge < -0.3 is 14.4 Å². The molecule has 0 N–H and O–H groups in total. The summed E-state index contributed by atoms with van der Waals surface area (Å²) in [7, 11) is 0. The summed E-state index contributed by atoms with van der Waals surface area (Å²) in [5.41, 5.74) is 10.0. The van der Waals surface area contributed by atoms with E-state index in [1.165, 1.54) is 16.7 Å². The quantitative estimate of drug-likeness (QED) is 0.172. The summed E-state index contributed by atoms with van der Waals surface area (Å²) in [6.07, 6.45) is 5.49. The molecule has 0 bridgehead atoms. The first kappa shape index (κ1) is 26.4. The molecule has 193 valence electrons. The zero-order valence-electron chi connectivity index (χ0n) is 21.8. The molecular weight excluding hydrogens is 659 g/mol. The number of pyridine rings is 3. The minimum absolute atomic E-state index is 0. The molecule has 3 aromatic carbocycles. The summed E-state index contributed by atoms with van der Waals surface area (Å²) in [4.78, 5) is 13.3. The standard InChI is InChI=1S/C20H11N2O.C14H14N.Ir/c1-2-11-21-17(8-1)16-7-3-6-14-15-10-9-13-5-4-12-22-18(13)20(15)23-19(14)16;1-10-4-6-13(7-5-10)14-8-11(2)12(3)9-15-14;/h1-6,8-12H;4-6,8-9H,1-3H3;/q2*-1;. The fourth-order valence-corrected chi connectivity index (χ4v) is 4.47. The van der Waals surface area contributed by atoms with Crippen LogP contribution in [-0.2, 0) is 20.1 Å². The average molecular weight is 684 g/mol. The molecule has 7 rings (SSSR count). The van der Waals surface area contributed by atoms with E-state index in [4.69, 9.17) is 4.42 Å². The van der Waals surface area contributed by atoms with Crippen LogP contribution in [0.2, 0.25) is 0 Å². The van der Waals surface area contributed by atoms with E-state index in [-0.39, 0.29) is 20.1 Å². The van der Waals surface area contributed by atoms with Crippen molar-refractivity contribution in [1.29, 1.82) is 0 Å². The zero-order valence-corrected chi connectivity index (χ0v) is 24.2. The van der Waals surface area contributed by atoms with Crippen molar-refractivity contribution in [2.24, 2.45) is 0 Å². The maximum atomic E-state index is 6.22. The molecular formula is C34H25IrN3O-2. The molecule has 0 amide bonds. The maximum Gasteiger partial charge on any atom is 0.147 e. The van der Waals surface area contributed by atoms with Gasteiger partial charge in [0, 0.05) is 49.5 Å². The summed E-state index contributed by atoms with van der Waals surface area (Å²) < 4.78 is 6.22. The molecule has 7 aromatic rings. The predicted octanol–water partition coefficient (Wildman–Crippen LogP) is 8.47. The molecule has 0 atom stereocenters. The third-order valence-electron chi connectivity index (χ3n) is 6.71. The van der Waals surface area contributed by atoms with Crippen molar-refractivity contribution in [3.05, 3.63) is 126 Å². The van der Waals surface area contributed by atoms with Gasteiger partial charge >= 0.3 is 0 Å². The fourth-order valence-electron chi connectivity index (χ4n) is 4.47. The molecule has 5 heteroatoms. The number of rotatable bonds is 2. The monoisotopic (exact) mass is 684 g/mol. The Morgan fingerprint density at radius 3 is 2.31 bits per heavy atom. The number of nitrogens with zero attached hydrogens (tertiary/aromatic N) is 3. The van der Waals surface area contributed by atoms with Gasteiger partial charge in [-0.25, -0.2) is 0 Å². The van der Waals surface area contributed by atoms with Gasteiger partial charge in [-0.3, -0.25) is 4.98 Å². The summed E-state index contributed by atoms with van der Waals surface area (Å²) in [5.74, 6) is 0. The molecule has 39 heavy (non-hydrogen) atoms. The molecule has 1 radical (unpaired) electrons. The van der Waals surface area contributed by atoms with Crippen LogP contribution in [0, 0.1) is 32.9 Å². The number of benzene rings is 3. The van der Waals surface area contributed by atoms with E-state index in [1.54, 1.807) is 12.4 Å². The predicted molar refractivity (Wildman–Crippen MR) is 154 cm³/mol. The SMILES string of the molecule is Cc1c[c-]c(-c2cc(C)c(C)cn2)cc1.[Ir].[c-]1ccc2c(oc3c2ccc2cccnc23)c1-c1ccccn1. The van der Waals surface area contributed by atoms with Gasteiger partial charge in [-0.1, -0.05) is 59.8 Å². The van der Waals surface area contributed by atoms with Crippen molar-refractivity contribution in [3.63, 3.8) is 0 Å². The first-order chi connectivity index (χ1) is 18.6. The van der Waals surface area contributed by atoms with Crippen LogP contribution >= 0.6 is 0 Å². The van der Waals surface area contributed by atoms with E-state index in [2.05, 4.69) is 78.2 Å². The van der Waals surface area contributed by atoms with E-state index in [0.717, 1.165) is 55.4 Å². The smallest absolute Gasteiger partial charge is 0.147 e. The molecule has 4 aromatic heterocycles. The van der Waals surface area contributed by atoms with Crippen molar-refractivity contribution >= 4 is 32.8 Å². The third-order valence-corrected chi connectivity index (χ3v) is 6.71. The summed E-state index contributed by atoms with van der Waals surface area (Å²) >= 11 is 0. The zero-order chi connectivity index (χ0) is 26.1. The van der Waals surface area contributed by atoms with Gasteiger partial charge in [-0.15, -0.1) is 53.6 Å². The van der Waals surface area contributed by atoms with Crippen molar-refractivity contribution in [2.45, 2.75) is 20.8 Å². The van der Waals surface area contributed by atoms with E-state index >= 15 is 0 Å². The van der Waals surface area contributed by atoms with Crippen LogP contribution in [0.4, 0.5) is 0 Å². The third kappa shape index (κ3) is 5.24. The van der Waals surface area contributed by atoms with E-state index in [0.29, 0.717) is 0 Å². The first-order valence-electron chi connectivity index (χ1n) is 12.5. The molecule has 0 aliphatic rings. The molecule has 4 nitrogen and oxygen atoms in total. The second-order valence-electron chi connectivity index (χ2n) is 9.36. The normalized spacial score (nSPS) is 10.7. The Morgan fingerprint density at radius 1 is 0.692 bits per heavy atom. The van der Waals surface area contributed by atoms with Crippen molar-refractivity contribution in [2.75, 3.05) is 0 Å². The molecule has 0 saturated carbocycles. The van der Waals surface area contributed by atoms with Gasteiger partial charge in [0.05, 0.1) is 5.58 Å². The van der Waals surface area contributed by atoms with Gasteiger partial charge in [-0.2, -0.15) is 0 Å². The van der Waals surface area contributed by atoms with Crippen molar-refractivity contribution < 1.29 is 24.5 Å². The summed E-state index contributed by atoms with van der Waals surface area (Å²) in [6.45, 7) is 6.24. The Hall–Kier alpha value is -4.18. The van der Waals surface area contributed by atoms with Gasteiger partial charge in [0.1, 0.15) is 11.1 Å². The van der Waals surface area contributed by atoms with Crippen LogP contribution in [0.15, 0.2) is 102 Å². The number of hydrogen-bond acceptors (Lipinski definition) is 4. The van der Waals surface area contributed by atoms with Gasteiger partial charge in [-0.05, 0) is 42.9 Å².